The molecule has 3 aromatic carbocycles. The van der Waals surface area contributed by atoms with Crippen molar-refractivity contribution in [2.75, 3.05) is 5.06 Å². The quantitative estimate of drug-likeness (QED) is 0.580. The summed E-state index contributed by atoms with van der Waals surface area (Å²) < 4.78 is 0. The Kier molecular flexibility index (Phi) is 4.85. The summed E-state index contributed by atoms with van der Waals surface area (Å²) in [5.74, 6) is 0. The van der Waals surface area contributed by atoms with Crippen molar-refractivity contribution in [2.45, 2.75) is 25.5 Å². The summed E-state index contributed by atoms with van der Waals surface area (Å²) in [6, 6.07) is 29.6. The molecule has 0 aliphatic carbocycles. The Bertz CT molecular complexity index is 856. The lowest BCUT2D eigenvalue weighted by Gasteiger charge is -2.22. The monoisotopic (exact) mass is 341 g/mol. The standard InChI is InChI=1S/C24H23NO/c1-19-12-15-21(16-13-19)24-18-23(17-14-20-8-4-2-5-9-20)25(26-24)22-10-6-3-7-11-22/h2-17,23-24H,18H2,1H3. The predicted octanol–water partition coefficient (Wildman–Crippen LogP) is 5.96. The Morgan fingerprint density at radius 2 is 1.50 bits per heavy atom. The maximum atomic E-state index is 6.36. The molecular formula is C24H23NO. The van der Waals surface area contributed by atoms with Crippen LogP contribution in [0.25, 0.3) is 6.08 Å². The van der Waals surface area contributed by atoms with Crippen LogP contribution in [-0.4, -0.2) is 6.04 Å². The van der Waals surface area contributed by atoms with Crippen molar-refractivity contribution in [3.63, 3.8) is 0 Å². The van der Waals surface area contributed by atoms with Crippen LogP contribution in [-0.2, 0) is 4.84 Å². The van der Waals surface area contributed by atoms with Crippen molar-refractivity contribution in [3.8, 4) is 0 Å². The zero-order valence-corrected chi connectivity index (χ0v) is 15.0. The van der Waals surface area contributed by atoms with Gasteiger partial charge in [-0.1, -0.05) is 90.5 Å². The van der Waals surface area contributed by atoms with Gasteiger partial charge < -0.3 is 0 Å². The van der Waals surface area contributed by atoms with Gasteiger partial charge in [0, 0.05) is 6.42 Å². The number of anilines is 1. The third kappa shape index (κ3) is 3.71. The molecule has 0 bridgehead atoms. The van der Waals surface area contributed by atoms with Crippen LogP contribution in [0.2, 0.25) is 0 Å². The van der Waals surface area contributed by atoms with Crippen molar-refractivity contribution in [2.24, 2.45) is 0 Å². The number of aryl methyl sites for hydroxylation is 1. The van der Waals surface area contributed by atoms with Gasteiger partial charge in [0.25, 0.3) is 0 Å². The van der Waals surface area contributed by atoms with Crippen molar-refractivity contribution < 1.29 is 4.84 Å². The Morgan fingerprint density at radius 1 is 0.846 bits per heavy atom. The summed E-state index contributed by atoms with van der Waals surface area (Å²) in [7, 11) is 0. The van der Waals surface area contributed by atoms with Gasteiger partial charge in [0.05, 0.1) is 11.7 Å². The van der Waals surface area contributed by atoms with Gasteiger partial charge in [-0.3, -0.25) is 4.84 Å². The van der Waals surface area contributed by atoms with Gasteiger partial charge in [-0.05, 0) is 30.2 Å². The molecule has 1 saturated heterocycles. The first kappa shape index (κ1) is 16.6. The zero-order valence-electron chi connectivity index (χ0n) is 15.0. The number of hydrogen-bond donors (Lipinski definition) is 0. The van der Waals surface area contributed by atoms with Gasteiger partial charge in [-0.15, -0.1) is 0 Å². The lowest BCUT2D eigenvalue weighted by Crippen LogP contribution is -2.25. The topological polar surface area (TPSA) is 12.5 Å². The third-order valence-electron chi connectivity index (χ3n) is 4.77. The number of hydroxylamine groups is 1. The summed E-state index contributed by atoms with van der Waals surface area (Å²) in [5.41, 5.74) is 4.79. The van der Waals surface area contributed by atoms with E-state index in [4.69, 9.17) is 4.84 Å². The summed E-state index contributed by atoms with van der Waals surface area (Å²) >= 11 is 0. The molecule has 1 aliphatic heterocycles. The van der Waals surface area contributed by atoms with Crippen LogP contribution in [0.3, 0.4) is 0 Å². The highest BCUT2D eigenvalue weighted by atomic mass is 16.7. The summed E-state index contributed by atoms with van der Waals surface area (Å²) in [6.07, 6.45) is 5.43. The Morgan fingerprint density at radius 3 is 2.19 bits per heavy atom. The van der Waals surface area contributed by atoms with E-state index in [0.717, 1.165) is 12.1 Å². The van der Waals surface area contributed by atoms with E-state index < -0.39 is 0 Å². The van der Waals surface area contributed by atoms with E-state index >= 15 is 0 Å². The average Bonchev–Trinajstić information content (AvgIpc) is 3.13. The minimum Gasteiger partial charge on any atom is -0.265 e. The second kappa shape index (κ2) is 7.59. The molecule has 0 amide bonds. The van der Waals surface area contributed by atoms with Crippen LogP contribution in [0, 0.1) is 6.92 Å². The maximum Gasteiger partial charge on any atom is 0.113 e. The fourth-order valence-electron chi connectivity index (χ4n) is 3.32. The van der Waals surface area contributed by atoms with Crippen LogP contribution in [0.1, 0.15) is 29.2 Å². The highest BCUT2D eigenvalue weighted by Crippen LogP contribution is 2.37. The zero-order chi connectivity index (χ0) is 17.8. The number of hydrogen-bond acceptors (Lipinski definition) is 2. The molecule has 26 heavy (non-hydrogen) atoms. The molecule has 1 fully saturated rings. The minimum atomic E-state index is 0.0706. The van der Waals surface area contributed by atoms with E-state index in [9.17, 15) is 0 Å². The normalized spacial score (nSPS) is 20.0. The molecule has 1 aliphatic rings. The Balaban J connectivity index is 1.60. The Labute approximate surface area is 155 Å². The number of benzene rings is 3. The Hall–Kier alpha value is -2.84. The highest BCUT2D eigenvalue weighted by molar-refractivity contribution is 5.53. The second-order valence-corrected chi connectivity index (χ2v) is 6.74. The van der Waals surface area contributed by atoms with E-state index in [1.165, 1.54) is 16.7 Å². The summed E-state index contributed by atoms with van der Waals surface area (Å²) in [4.78, 5) is 6.36. The van der Waals surface area contributed by atoms with E-state index in [1.54, 1.807) is 0 Å². The molecule has 0 N–H and O–H groups in total. The fraction of sp³-hybridized carbons (Fsp3) is 0.167. The summed E-state index contributed by atoms with van der Waals surface area (Å²) in [6.45, 7) is 2.11. The molecule has 0 spiro atoms. The first-order valence-electron chi connectivity index (χ1n) is 9.10. The van der Waals surface area contributed by atoms with Crippen molar-refractivity contribution in [1.29, 1.82) is 0 Å². The first-order valence-corrected chi connectivity index (χ1v) is 9.10. The van der Waals surface area contributed by atoms with Crippen LogP contribution in [0.4, 0.5) is 5.69 Å². The van der Waals surface area contributed by atoms with Crippen LogP contribution >= 0.6 is 0 Å². The minimum absolute atomic E-state index is 0.0706. The number of rotatable bonds is 4. The van der Waals surface area contributed by atoms with Gasteiger partial charge in [-0.2, -0.15) is 0 Å². The number of nitrogens with zero attached hydrogens (tertiary/aromatic N) is 1. The summed E-state index contributed by atoms with van der Waals surface area (Å²) in [5, 5.41) is 2.05. The van der Waals surface area contributed by atoms with E-state index in [2.05, 4.69) is 91.9 Å². The molecule has 0 aromatic heterocycles. The van der Waals surface area contributed by atoms with Crippen LogP contribution in [0.5, 0.6) is 0 Å². The molecule has 4 rings (SSSR count). The fourth-order valence-corrected chi connectivity index (χ4v) is 3.32. The van der Waals surface area contributed by atoms with Crippen molar-refractivity contribution in [1.82, 2.24) is 0 Å². The molecule has 3 aromatic rings. The average molecular weight is 341 g/mol. The smallest absolute Gasteiger partial charge is 0.113 e. The largest absolute Gasteiger partial charge is 0.265 e. The molecule has 0 saturated carbocycles. The molecule has 130 valence electrons. The van der Waals surface area contributed by atoms with E-state index in [1.807, 2.05) is 17.2 Å². The van der Waals surface area contributed by atoms with E-state index in [0.29, 0.717) is 0 Å². The molecule has 2 heteroatoms. The van der Waals surface area contributed by atoms with Crippen molar-refractivity contribution >= 4 is 11.8 Å². The second-order valence-electron chi connectivity index (χ2n) is 6.74. The van der Waals surface area contributed by atoms with Crippen molar-refractivity contribution in [3.05, 3.63) is 108 Å². The molecule has 2 atom stereocenters. The SMILES string of the molecule is Cc1ccc(C2CC(C=Cc3ccccc3)N(c3ccccc3)O2)cc1. The van der Waals surface area contributed by atoms with Gasteiger partial charge in [0.1, 0.15) is 6.10 Å². The molecule has 2 nitrogen and oxygen atoms in total. The van der Waals surface area contributed by atoms with Crippen LogP contribution < -0.4 is 5.06 Å². The molecular weight excluding hydrogens is 318 g/mol. The van der Waals surface area contributed by atoms with Gasteiger partial charge >= 0.3 is 0 Å². The molecule has 2 unspecified atom stereocenters. The molecule has 1 heterocycles. The van der Waals surface area contributed by atoms with Crippen LogP contribution in [0.15, 0.2) is 91.0 Å². The highest BCUT2D eigenvalue weighted by Gasteiger charge is 2.33. The van der Waals surface area contributed by atoms with Gasteiger partial charge in [0.2, 0.25) is 0 Å². The van der Waals surface area contributed by atoms with E-state index in [-0.39, 0.29) is 12.1 Å². The predicted molar refractivity (Wildman–Crippen MR) is 108 cm³/mol. The lowest BCUT2D eigenvalue weighted by molar-refractivity contribution is 0.0855. The van der Waals surface area contributed by atoms with Gasteiger partial charge in [0.15, 0.2) is 0 Å². The first-order chi connectivity index (χ1) is 12.8. The molecule has 0 radical (unpaired) electrons. The number of para-hydroxylation sites is 1. The maximum absolute atomic E-state index is 6.36. The lowest BCUT2D eigenvalue weighted by atomic mass is 10.0. The van der Waals surface area contributed by atoms with Gasteiger partial charge in [-0.25, -0.2) is 5.06 Å². The third-order valence-corrected chi connectivity index (χ3v) is 4.77.